The average molecular weight is 357 g/mol. The normalized spacial score (nSPS) is 28.6. The van der Waals surface area contributed by atoms with E-state index in [9.17, 15) is 5.11 Å². The van der Waals surface area contributed by atoms with Crippen molar-refractivity contribution >= 4 is 0 Å². The Morgan fingerprint density at radius 3 is 2.69 bits per heavy atom. The molecule has 3 aliphatic rings. The van der Waals surface area contributed by atoms with Crippen molar-refractivity contribution in [3.63, 3.8) is 0 Å². The number of ether oxygens (including phenoxy) is 2. The number of hydrogen-bond donors (Lipinski definition) is 1. The molecule has 3 atom stereocenters. The second kappa shape index (κ2) is 8.66. The monoisotopic (exact) mass is 357 g/mol. The first-order chi connectivity index (χ1) is 12.9. The number of aliphatic hydroxyl groups is 1. The first-order valence-corrected chi connectivity index (χ1v) is 10.2. The van der Waals surface area contributed by atoms with Gasteiger partial charge in [0.05, 0.1) is 25.9 Å². The number of likely N-dealkylation sites (tertiary alicyclic amines) is 1. The lowest BCUT2D eigenvalue weighted by atomic mass is 9.75. The van der Waals surface area contributed by atoms with Gasteiger partial charge in [-0.3, -0.25) is 4.90 Å². The first kappa shape index (κ1) is 18.2. The van der Waals surface area contributed by atoms with Crippen LogP contribution in [0.3, 0.4) is 0 Å². The van der Waals surface area contributed by atoms with Crippen molar-refractivity contribution in [1.29, 1.82) is 0 Å². The van der Waals surface area contributed by atoms with Crippen molar-refractivity contribution in [3.05, 3.63) is 47.5 Å². The van der Waals surface area contributed by atoms with E-state index in [1.165, 1.54) is 24.8 Å². The summed E-state index contributed by atoms with van der Waals surface area (Å²) in [5.74, 6) is 0.622. The van der Waals surface area contributed by atoms with Crippen molar-refractivity contribution in [2.45, 2.75) is 56.9 Å². The summed E-state index contributed by atoms with van der Waals surface area (Å²) in [7, 11) is 0. The van der Waals surface area contributed by atoms with Crippen molar-refractivity contribution in [3.8, 4) is 0 Å². The molecular formula is C22H31NO3. The molecular weight excluding hydrogens is 326 g/mol. The maximum Gasteiger partial charge on any atom is 0.158 e. The minimum absolute atomic E-state index is 0.00882. The van der Waals surface area contributed by atoms with Crippen molar-refractivity contribution in [1.82, 2.24) is 4.90 Å². The number of benzene rings is 1. The van der Waals surface area contributed by atoms with Crippen molar-refractivity contribution in [2.75, 3.05) is 26.4 Å². The number of piperidine rings is 1. The molecule has 1 aromatic carbocycles. The fourth-order valence-electron chi connectivity index (χ4n) is 5.08. The highest BCUT2D eigenvalue weighted by atomic mass is 16.7. The van der Waals surface area contributed by atoms with Gasteiger partial charge in [0.1, 0.15) is 0 Å². The van der Waals surface area contributed by atoms with Gasteiger partial charge in [0.15, 0.2) is 6.29 Å². The van der Waals surface area contributed by atoms with E-state index in [4.69, 9.17) is 9.47 Å². The third kappa shape index (κ3) is 3.89. The number of allylic oxidation sites excluding steroid dienone is 1. The van der Waals surface area contributed by atoms with Crippen molar-refractivity contribution < 1.29 is 14.6 Å². The summed E-state index contributed by atoms with van der Waals surface area (Å²) < 4.78 is 11.2. The van der Waals surface area contributed by atoms with Gasteiger partial charge in [-0.2, -0.15) is 0 Å². The summed E-state index contributed by atoms with van der Waals surface area (Å²) in [6.07, 6.45) is 9.33. The standard InChI is InChI=1S/C22H31NO3/c24-16-21(18-6-2-1-3-7-18)23-13-5-9-19-17(8-4-10-20(19)23)11-12-22-25-14-15-26-22/h1-3,6-8,19-22,24H,4-5,9-16H2/t19-,20-,21-/m0/s1. The van der Waals surface area contributed by atoms with Crippen LogP contribution in [0.5, 0.6) is 0 Å². The Kier molecular flexibility index (Phi) is 6.05. The van der Waals surface area contributed by atoms with Crippen LogP contribution in [0.2, 0.25) is 0 Å². The zero-order valence-corrected chi connectivity index (χ0v) is 15.6. The third-order valence-corrected chi connectivity index (χ3v) is 6.28. The molecule has 2 fully saturated rings. The lowest BCUT2D eigenvalue weighted by molar-refractivity contribution is -0.0473. The van der Waals surface area contributed by atoms with Gasteiger partial charge >= 0.3 is 0 Å². The summed E-state index contributed by atoms with van der Waals surface area (Å²) in [6.45, 7) is 2.75. The van der Waals surface area contributed by atoms with E-state index in [2.05, 4.69) is 35.2 Å². The van der Waals surface area contributed by atoms with Gasteiger partial charge in [-0.1, -0.05) is 42.0 Å². The third-order valence-electron chi connectivity index (χ3n) is 6.28. The number of fused-ring (bicyclic) bond motifs is 1. The van der Waals surface area contributed by atoms with Gasteiger partial charge in [-0.15, -0.1) is 0 Å². The first-order valence-electron chi connectivity index (χ1n) is 10.2. The molecule has 4 heteroatoms. The lowest BCUT2D eigenvalue weighted by Crippen LogP contribution is -2.49. The zero-order valence-electron chi connectivity index (χ0n) is 15.6. The Morgan fingerprint density at radius 2 is 1.92 bits per heavy atom. The van der Waals surface area contributed by atoms with Gasteiger partial charge in [0.25, 0.3) is 0 Å². The minimum atomic E-state index is -0.00882. The van der Waals surface area contributed by atoms with Gasteiger partial charge < -0.3 is 14.6 Å². The zero-order chi connectivity index (χ0) is 17.8. The summed E-state index contributed by atoms with van der Waals surface area (Å²) in [5.41, 5.74) is 2.83. The predicted octanol–water partition coefficient (Wildman–Crippen LogP) is 3.67. The van der Waals surface area contributed by atoms with E-state index >= 15 is 0 Å². The molecule has 1 aliphatic carbocycles. The molecule has 4 rings (SSSR count). The highest BCUT2D eigenvalue weighted by Crippen LogP contribution is 2.41. The van der Waals surface area contributed by atoms with Crippen LogP contribution >= 0.6 is 0 Å². The molecule has 0 spiro atoms. The minimum Gasteiger partial charge on any atom is -0.394 e. The SMILES string of the molecule is OC[C@@H](c1ccccc1)N1CCC[C@H]2C(CCC3OCCO3)=CCC[C@@H]21. The van der Waals surface area contributed by atoms with Gasteiger partial charge in [0, 0.05) is 12.5 Å². The Labute approximate surface area is 156 Å². The fraction of sp³-hybridized carbons (Fsp3) is 0.636. The molecule has 142 valence electrons. The van der Waals surface area contributed by atoms with Crippen LogP contribution in [0.1, 0.15) is 50.1 Å². The van der Waals surface area contributed by atoms with Crippen LogP contribution < -0.4 is 0 Å². The smallest absolute Gasteiger partial charge is 0.158 e. The predicted molar refractivity (Wildman–Crippen MR) is 102 cm³/mol. The Balaban J connectivity index is 1.46. The molecule has 0 aromatic heterocycles. The van der Waals surface area contributed by atoms with Crippen LogP contribution in [0.15, 0.2) is 42.0 Å². The Morgan fingerprint density at radius 1 is 1.12 bits per heavy atom. The van der Waals surface area contributed by atoms with E-state index in [1.807, 2.05) is 6.07 Å². The highest BCUT2D eigenvalue weighted by Gasteiger charge is 2.38. The maximum absolute atomic E-state index is 10.1. The number of aliphatic hydroxyl groups excluding tert-OH is 1. The summed E-state index contributed by atoms with van der Waals surface area (Å²) >= 11 is 0. The molecule has 0 bridgehead atoms. The Hall–Kier alpha value is -1.20. The van der Waals surface area contributed by atoms with Gasteiger partial charge in [-0.25, -0.2) is 0 Å². The average Bonchev–Trinajstić information content (AvgIpc) is 3.22. The molecule has 0 unspecified atom stereocenters. The largest absolute Gasteiger partial charge is 0.394 e. The molecule has 1 N–H and O–H groups in total. The molecule has 26 heavy (non-hydrogen) atoms. The number of hydrogen-bond acceptors (Lipinski definition) is 4. The highest BCUT2D eigenvalue weighted by molar-refractivity contribution is 5.22. The fourth-order valence-corrected chi connectivity index (χ4v) is 5.08. The van der Waals surface area contributed by atoms with Crippen LogP contribution in [-0.2, 0) is 9.47 Å². The maximum atomic E-state index is 10.1. The lowest BCUT2D eigenvalue weighted by Gasteiger charge is -2.48. The van der Waals surface area contributed by atoms with E-state index in [0.717, 1.165) is 39.0 Å². The molecule has 2 aliphatic heterocycles. The molecule has 4 nitrogen and oxygen atoms in total. The molecule has 2 saturated heterocycles. The number of nitrogens with zero attached hydrogens (tertiary/aromatic N) is 1. The van der Waals surface area contributed by atoms with Gasteiger partial charge in [0.2, 0.25) is 0 Å². The van der Waals surface area contributed by atoms with Crippen LogP contribution in [-0.4, -0.2) is 48.7 Å². The molecule has 0 saturated carbocycles. The van der Waals surface area contributed by atoms with E-state index in [1.54, 1.807) is 5.57 Å². The van der Waals surface area contributed by atoms with Crippen molar-refractivity contribution in [2.24, 2.45) is 5.92 Å². The van der Waals surface area contributed by atoms with E-state index in [0.29, 0.717) is 12.0 Å². The van der Waals surface area contributed by atoms with E-state index < -0.39 is 0 Å². The topological polar surface area (TPSA) is 41.9 Å². The summed E-state index contributed by atoms with van der Waals surface area (Å²) in [4.78, 5) is 2.58. The molecule has 2 heterocycles. The Bertz CT molecular complexity index is 597. The van der Waals surface area contributed by atoms with Crippen LogP contribution in [0.25, 0.3) is 0 Å². The molecule has 0 amide bonds. The van der Waals surface area contributed by atoms with Crippen LogP contribution in [0, 0.1) is 5.92 Å². The second-order valence-electron chi connectivity index (χ2n) is 7.73. The van der Waals surface area contributed by atoms with E-state index in [-0.39, 0.29) is 18.9 Å². The van der Waals surface area contributed by atoms with Gasteiger partial charge in [-0.05, 0) is 50.1 Å². The molecule has 0 radical (unpaired) electrons. The van der Waals surface area contributed by atoms with Crippen LogP contribution in [0.4, 0.5) is 0 Å². The number of rotatable bonds is 6. The second-order valence-corrected chi connectivity index (χ2v) is 7.73. The summed E-state index contributed by atoms with van der Waals surface area (Å²) in [6, 6.07) is 11.2. The molecule has 1 aromatic rings. The summed E-state index contributed by atoms with van der Waals surface area (Å²) in [5, 5.41) is 10.1. The quantitative estimate of drug-likeness (QED) is 0.789.